The van der Waals surface area contributed by atoms with Gasteiger partial charge >= 0.3 is 5.97 Å². The molecule has 0 aliphatic carbocycles. The SMILES string of the molecule is C=CCCC(=O)N[C@H](C)[C@@H](OC(=O)[C@@H]1[C@H]2C(=O)N([C@@H](CO)CC(C)C)[C@H](C(=O)N(CC=C)c3ccc(OC)cc3)[C@]23CC[C@H]1O3)c1ccccc1. The van der Waals surface area contributed by atoms with Gasteiger partial charge in [-0.1, -0.05) is 56.3 Å². The van der Waals surface area contributed by atoms with Gasteiger partial charge in [0.05, 0.1) is 43.7 Å². The summed E-state index contributed by atoms with van der Waals surface area (Å²) in [5.74, 6) is -2.90. The fraction of sp³-hybridized carbons (Fsp3) is 0.500. The lowest BCUT2D eigenvalue weighted by Gasteiger charge is -2.39. The first-order valence-electron chi connectivity index (χ1n) is 17.8. The predicted molar refractivity (Wildman–Crippen MR) is 193 cm³/mol. The van der Waals surface area contributed by atoms with Crippen molar-refractivity contribution >= 4 is 29.4 Å². The lowest BCUT2D eigenvalue weighted by atomic mass is 9.70. The highest BCUT2D eigenvalue weighted by molar-refractivity contribution is 6.05. The van der Waals surface area contributed by atoms with Crippen LogP contribution in [0.2, 0.25) is 0 Å². The molecule has 3 aliphatic heterocycles. The number of amides is 3. The molecule has 3 heterocycles. The van der Waals surface area contributed by atoms with E-state index in [1.807, 2.05) is 44.2 Å². The molecule has 0 aromatic heterocycles. The van der Waals surface area contributed by atoms with Crippen LogP contribution in [0.4, 0.5) is 5.69 Å². The van der Waals surface area contributed by atoms with Crippen LogP contribution in [0.5, 0.6) is 5.75 Å². The van der Waals surface area contributed by atoms with Crippen LogP contribution in [0.15, 0.2) is 79.9 Å². The van der Waals surface area contributed by atoms with E-state index in [0.29, 0.717) is 42.7 Å². The molecule has 3 amide bonds. The van der Waals surface area contributed by atoms with E-state index in [1.165, 1.54) is 4.90 Å². The van der Waals surface area contributed by atoms with E-state index >= 15 is 0 Å². The number of likely N-dealkylation sites (tertiary alicyclic amines) is 1. The van der Waals surface area contributed by atoms with Crippen LogP contribution in [0.3, 0.4) is 0 Å². The molecule has 3 saturated heterocycles. The molecule has 5 rings (SSSR count). The summed E-state index contributed by atoms with van der Waals surface area (Å²) in [6, 6.07) is 13.8. The van der Waals surface area contributed by atoms with E-state index in [1.54, 1.807) is 55.4 Å². The average Bonchev–Trinajstić information content (AvgIpc) is 3.78. The Balaban J connectivity index is 1.52. The molecule has 11 heteroatoms. The number of carbonyl (C=O) groups is 4. The number of esters is 1. The number of nitrogens with one attached hydrogen (secondary N) is 1. The van der Waals surface area contributed by atoms with Crippen molar-refractivity contribution in [3.8, 4) is 5.75 Å². The van der Waals surface area contributed by atoms with Gasteiger partial charge in [-0.05, 0) is 68.4 Å². The third-order valence-corrected chi connectivity index (χ3v) is 10.3. The molecule has 11 nitrogen and oxygen atoms in total. The molecule has 3 fully saturated rings. The quantitative estimate of drug-likeness (QED) is 0.178. The van der Waals surface area contributed by atoms with E-state index in [2.05, 4.69) is 18.5 Å². The molecule has 0 unspecified atom stereocenters. The molecule has 274 valence electrons. The van der Waals surface area contributed by atoms with Gasteiger partial charge in [-0.2, -0.15) is 0 Å². The number of hydrogen-bond donors (Lipinski definition) is 2. The van der Waals surface area contributed by atoms with Crippen molar-refractivity contribution < 1.29 is 38.5 Å². The number of ether oxygens (including phenoxy) is 3. The largest absolute Gasteiger partial charge is 0.497 e. The van der Waals surface area contributed by atoms with Gasteiger partial charge < -0.3 is 34.4 Å². The number of rotatable bonds is 17. The summed E-state index contributed by atoms with van der Waals surface area (Å²) in [6.07, 6.45) is 3.80. The maximum Gasteiger partial charge on any atom is 0.313 e. The molecule has 2 aromatic rings. The van der Waals surface area contributed by atoms with Crippen molar-refractivity contribution in [2.45, 2.75) is 88.8 Å². The number of anilines is 1. The van der Waals surface area contributed by atoms with Crippen molar-refractivity contribution in [3.05, 3.63) is 85.5 Å². The maximum absolute atomic E-state index is 14.9. The number of benzene rings is 2. The Hall–Kier alpha value is -4.48. The first kappa shape index (κ1) is 37.8. The summed E-state index contributed by atoms with van der Waals surface area (Å²) in [7, 11) is 1.56. The Kier molecular flexibility index (Phi) is 12.0. The molecule has 2 bridgehead atoms. The van der Waals surface area contributed by atoms with Crippen molar-refractivity contribution in [2.75, 3.05) is 25.2 Å². The fourth-order valence-corrected chi connectivity index (χ4v) is 8.15. The van der Waals surface area contributed by atoms with Crippen molar-refractivity contribution in [2.24, 2.45) is 17.8 Å². The molecular formula is C40H51N3O8. The Morgan fingerprint density at radius 2 is 1.80 bits per heavy atom. The Morgan fingerprint density at radius 3 is 2.41 bits per heavy atom. The summed E-state index contributed by atoms with van der Waals surface area (Å²) in [5, 5.41) is 13.6. The first-order chi connectivity index (χ1) is 24.5. The van der Waals surface area contributed by atoms with Gasteiger partial charge in [-0.25, -0.2) is 0 Å². The molecule has 8 atom stereocenters. The zero-order valence-electron chi connectivity index (χ0n) is 30.0. The standard InChI is InChI=1S/C40H51N3O8/c1-7-9-15-32(45)41-26(5)35(27-13-11-10-12-14-27)50-39(48)33-31-20-21-40(51-31)34(33)37(46)43(29(24-44)23-25(3)4)36(40)38(47)42(22-8-2)28-16-18-30(49-6)19-17-28/h7-8,10-14,16-19,25-26,29,31,33-36,44H,1-2,9,15,20-24H2,3-6H3,(H,41,45)/t26-,29-,31-,33+,34+,35-,36-,40+/m1/s1. The zero-order chi connectivity index (χ0) is 36.9. The molecule has 2 aromatic carbocycles. The minimum absolute atomic E-state index is 0.0994. The normalized spacial score (nSPS) is 25.1. The van der Waals surface area contributed by atoms with Gasteiger partial charge in [-0.3, -0.25) is 19.2 Å². The maximum atomic E-state index is 14.9. The number of aliphatic hydroxyl groups excluding tert-OH is 1. The van der Waals surface area contributed by atoms with Crippen LogP contribution in [-0.4, -0.2) is 83.8 Å². The smallest absolute Gasteiger partial charge is 0.313 e. The number of nitrogens with zero attached hydrogens (tertiary/aromatic N) is 2. The molecule has 2 N–H and O–H groups in total. The molecule has 0 saturated carbocycles. The Bertz CT molecular complexity index is 1580. The van der Waals surface area contributed by atoms with Gasteiger partial charge in [-0.15, -0.1) is 13.2 Å². The van der Waals surface area contributed by atoms with E-state index in [9.17, 15) is 24.3 Å². The second kappa shape index (κ2) is 16.2. The summed E-state index contributed by atoms with van der Waals surface area (Å²) in [4.78, 5) is 59.8. The second-order valence-electron chi connectivity index (χ2n) is 14.2. The average molecular weight is 702 g/mol. The number of fused-ring (bicyclic) bond motifs is 1. The molecule has 0 radical (unpaired) electrons. The zero-order valence-corrected chi connectivity index (χ0v) is 30.0. The van der Waals surface area contributed by atoms with Crippen LogP contribution in [-0.2, 0) is 28.7 Å². The van der Waals surface area contributed by atoms with Crippen LogP contribution in [0.25, 0.3) is 0 Å². The third-order valence-electron chi connectivity index (χ3n) is 10.3. The highest BCUT2D eigenvalue weighted by atomic mass is 16.6. The number of hydrogen-bond acceptors (Lipinski definition) is 8. The number of methoxy groups -OCH3 is 1. The molecule has 51 heavy (non-hydrogen) atoms. The lowest BCUT2D eigenvalue weighted by molar-refractivity contribution is -0.162. The van der Waals surface area contributed by atoms with E-state index in [4.69, 9.17) is 14.2 Å². The topological polar surface area (TPSA) is 135 Å². The highest BCUT2D eigenvalue weighted by Crippen LogP contribution is 2.59. The Labute approximate surface area is 300 Å². The van der Waals surface area contributed by atoms with Gasteiger partial charge in [0, 0.05) is 18.7 Å². The van der Waals surface area contributed by atoms with E-state index < -0.39 is 59.6 Å². The number of carbonyl (C=O) groups excluding carboxylic acids is 4. The number of allylic oxidation sites excluding steroid dienone is 1. The highest BCUT2D eigenvalue weighted by Gasteiger charge is 2.75. The lowest BCUT2D eigenvalue weighted by Crippen LogP contribution is -2.59. The minimum Gasteiger partial charge on any atom is -0.497 e. The van der Waals surface area contributed by atoms with Gasteiger partial charge in [0.1, 0.15) is 23.5 Å². The first-order valence-corrected chi connectivity index (χ1v) is 17.8. The van der Waals surface area contributed by atoms with Gasteiger partial charge in [0.2, 0.25) is 11.8 Å². The molecular weight excluding hydrogens is 650 g/mol. The molecule has 1 spiro atoms. The summed E-state index contributed by atoms with van der Waals surface area (Å²) < 4.78 is 18.3. The van der Waals surface area contributed by atoms with Crippen LogP contribution in [0, 0.1) is 17.8 Å². The van der Waals surface area contributed by atoms with Crippen LogP contribution in [0.1, 0.15) is 64.5 Å². The van der Waals surface area contributed by atoms with Crippen LogP contribution < -0.4 is 15.0 Å². The number of aliphatic hydroxyl groups is 1. The summed E-state index contributed by atoms with van der Waals surface area (Å²) in [5.41, 5.74) is -0.0490. The summed E-state index contributed by atoms with van der Waals surface area (Å²) >= 11 is 0. The van der Waals surface area contributed by atoms with Crippen molar-refractivity contribution in [1.82, 2.24) is 10.2 Å². The third kappa shape index (κ3) is 7.46. The fourth-order valence-electron chi connectivity index (χ4n) is 8.15. The predicted octanol–water partition coefficient (Wildman–Crippen LogP) is 4.75. The minimum atomic E-state index is -1.31. The second-order valence-corrected chi connectivity index (χ2v) is 14.2. The molecule has 3 aliphatic rings. The van der Waals surface area contributed by atoms with Gasteiger partial charge in [0.15, 0.2) is 0 Å². The van der Waals surface area contributed by atoms with Gasteiger partial charge in [0.25, 0.3) is 5.91 Å². The van der Waals surface area contributed by atoms with E-state index in [0.717, 1.165) is 0 Å². The Morgan fingerprint density at radius 1 is 1.10 bits per heavy atom. The summed E-state index contributed by atoms with van der Waals surface area (Å²) in [6.45, 7) is 13.1. The van der Waals surface area contributed by atoms with Crippen molar-refractivity contribution in [1.29, 1.82) is 0 Å². The monoisotopic (exact) mass is 701 g/mol. The van der Waals surface area contributed by atoms with Crippen molar-refractivity contribution in [3.63, 3.8) is 0 Å². The van der Waals surface area contributed by atoms with Crippen LogP contribution >= 0.6 is 0 Å². The van der Waals surface area contributed by atoms with E-state index in [-0.39, 0.29) is 37.3 Å².